The normalized spacial score (nSPS) is 16.2. The Hall–Kier alpha value is -3.00. The van der Waals surface area contributed by atoms with Crippen LogP contribution in [0.1, 0.15) is 30.0 Å². The third kappa shape index (κ3) is 4.57. The third-order valence-corrected chi connectivity index (χ3v) is 7.12. The molecule has 0 saturated heterocycles. The monoisotopic (exact) mass is 492 g/mol. The Morgan fingerprint density at radius 2 is 1.88 bits per heavy atom. The number of aromatic nitrogens is 2. The number of halogens is 1. The van der Waals surface area contributed by atoms with Crippen LogP contribution in [0.4, 0.5) is 0 Å². The second-order valence-electron chi connectivity index (χ2n) is 7.72. The van der Waals surface area contributed by atoms with Gasteiger partial charge in [0.2, 0.25) is 5.82 Å². The summed E-state index contributed by atoms with van der Waals surface area (Å²) in [5, 5.41) is 11.1. The van der Waals surface area contributed by atoms with Crippen LogP contribution in [0, 0.1) is 0 Å². The molecule has 1 atom stereocenters. The van der Waals surface area contributed by atoms with Crippen molar-refractivity contribution in [2.24, 2.45) is 0 Å². The molecule has 4 aromatic rings. The van der Waals surface area contributed by atoms with E-state index in [-0.39, 0.29) is 6.04 Å². The first-order valence-electron chi connectivity index (χ1n) is 10.6. The highest BCUT2D eigenvalue weighted by Gasteiger charge is 2.34. The van der Waals surface area contributed by atoms with Gasteiger partial charge in [-0.05, 0) is 60.3 Å². The molecule has 0 saturated carbocycles. The number of benzene rings is 2. The number of nitrogens with one attached hydrogen (secondary N) is 1. The maximum atomic E-state index is 6.14. The number of thiocarbonyl (C=S) groups is 1. The molecular formula is C25H21ClN4OS2. The van der Waals surface area contributed by atoms with Gasteiger partial charge in [0.05, 0.1) is 16.5 Å². The van der Waals surface area contributed by atoms with Crippen molar-refractivity contribution in [3.05, 3.63) is 99.8 Å². The second kappa shape index (κ2) is 9.47. The quantitative estimate of drug-likeness (QED) is 0.316. The molecule has 1 N–H and O–H groups in total. The van der Waals surface area contributed by atoms with Crippen LogP contribution in [-0.4, -0.2) is 26.7 Å². The van der Waals surface area contributed by atoms with Crippen molar-refractivity contribution in [2.75, 3.05) is 6.54 Å². The Balaban J connectivity index is 1.54. The summed E-state index contributed by atoms with van der Waals surface area (Å²) < 4.78 is 5.77. The smallest absolute Gasteiger partial charge is 0.258 e. The van der Waals surface area contributed by atoms with Gasteiger partial charge in [-0.25, -0.2) is 0 Å². The van der Waals surface area contributed by atoms with Crippen LogP contribution in [0.5, 0.6) is 0 Å². The zero-order chi connectivity index (χ0) is 22.8. The van der Waals surface area contributed by atoms with E-state index in [1.807, 2.05) is 47.8 Å². The van der Waals surface area contributed by atoms with Crippen molar-refractivity contribution in [1.29, 1.82) is 0 Å². The van der Waals surface area contributed by atoms with E-state index in [4.69, 9.17) is 33.3 Å². The predicted molar refractivity (Wildman–Crippen MR) is 137 cm³/mol. The van der Waals surface area contributed by atoms with E-state index in [1.165, 1.54) is 5.56 Å². The van der Waals surface area contributed by atoms with Gasteiger partial charge in [0, 0.05) is 17.3 Å². The second-order valence-corrected chi connectivity index (χ2v) is 9.49. The predicted octanol–water partition coefficient (Wildman–Crippen LogP) is 6.36. The maximum Gasteiger partial charge on any atom is 0.258 e. The van der Waals surface area contributed by atoms with Crippen LogP contribution >= 0.6 is 35.2 Å². The average Bonchev–Trinajstić information content (AvgIpc) is 3.52. The van der Waals surface area contributed by atoms with E-state index in [0.717, 1.165) is 34.7 Å². The van der Waals surface area contributed by atoms with E-state index >= 15 is 0 Å². The fourth-order valence-corrected chi connectivity index (χ4v) is 5.08. The summed E-state index contributed by atoms with van der Waals surface area (Å²) in [6.45, 7) is 2.80. The fraction of sp³-hybridized carbons (Fsp3) is 0.160. The van der Waals surface area contributed by atoms with Gasteiger partial charge in [-0.15, -0.1) is 11.3 Å². The number of hydrogen-bond donors (Lipinski definition) is 1. The van der Waals surface area contributed by atoms with Gasteiger partial charge in [-0.3, -0.25) is 0 Å². The molecule has 0 spiro atoms. The summed E-state index contributed by atoms with van der Waals surface area (Å²) in [5.41, 5.74) is 4.19. The van der Waals surface area contributed by atoms with Crippen LogP contribution in [0.2, 0.25) is 5.02 Å². The Kier molecular flexibility index (Phi) is 6.26. The summed E-state index contributed by atoms with van der Waals surface area (Å²) in [6.07, 6.45) is 0.864. The molecule has 33 heavy (non-hydrogen) atoms. The Morgan fingerprint density at radius 3 is 2.61 bits per heavy atom. The van der Waals surface area contributed by atoms with Crippen LogP contribution in [0.25, 0.3) is 16.3 Å². The van der Waals surface area contributed by atoms with Crippen LogP contribution in [-0.2, 0) is 6.42 Å². The lowest BCUT2D eigenvalue weighted by molar-refractivity contribution is 0.397. The van der Waals surface area contributed by atoms with Gasteiger partial charge in [0.25, 0.3) is 5.89 Å². The summed E-state index contributed by atoms with van der Waals surface area (Å²) in [5.74, 6) is 1.06. The molecule has 1 aliphatic rings. The van der Waals surface area contributed by atoms with Crippen molar-refractivity contribution in [1.82, 2.24) is 20.4 Å². The minimum absolute atomic E-state index is 0.223. The molecule has 3 heterocycles. The highest BCUT2D eigenvalue weighted by Crippen LogP contribution is 2.38. The van der Waals surface area contributed by atoms with Gasteiger partial charge in [-0.1, -0.05) is 65.3 Å². The lowest BCUT2D eigenvalue weighted by atomic mass is 9.94. The topological polar surface area (TPSA) is 54.2 Å². The minimum Gasteiger partial charge on any atom is -0.351 e. The molecule has 0 aliphatic carbocycles. The molecule has 1 unspecified atom stereocenters. The number of nitrogens with zero attached hydrogens (tertiary/aromatic N) is 3. The van der Waals surface area contributed by atoms with E-state index in [0.29, 0.717) is 21.9 Å². The van der Waals surface area contributed by atoms with E-state index in [1.54, 1.807) is 11.3 Å². The number of thiophene rings is 1. The van der Waals surface area contributed by atoms with Crippen molar-refractivity contribution in [3.8, 4) is 10.7 Å². The van der Waals surface area contributed by atoms with Crippen LogP contribution < -0.4 is 5.32 Å². The van der Waals surface area contributed by atoms with Crippen LogP contribution in [0.3, 0.4) is 0 Å². The Morgan fingerprint density at radius 1 is 1.09 bits per heavy atom. The SMILES string of the molecule is CC1=C(c2nc(-c3cccs3)no2)C(c2ccc(Cl)cc2)NC(=S)N1CCc1ccccc1. The van der Waals surface area contributed by atoms with Crippen molar-refractivity contribution < 1.29 is 4.52 Å². The van der Waals surface area contributed by atoms with Crippen molar-refractivity contribution >= 4 is 45.8 Å². The van der Waals surface area contributed by atoms with Crippen LogP contribution in [0.15, 0.2) is 82.3 Å². The molecular weight excluding hydrogens is 472 g/mol. The third-order valence-electron chi connectivity index (χ3n) is 5.66. The van der Waals surface area contributed by atoms with E-state index in [9.17, 15) is 0 Å². The van der Waals surface area contributed by atoms with Gasteiger partial charge in [0.15, 0.2) is 5.11 Å². The first-order chi connectivity index (χ1) is 16.1. The molecule has 2 aromatic heterocycles. The minimum atomic E-state index is -0.223. The molecule has 5 rings (SSSR count). The van der Waals surface area contributed by atoms with Crippen molar-refractivity contribution in [3.63, 3.8) is 0 Å². The number of hydrogen-bond acceptors (Lipinski definition) is 5. The molecule has 1 aliphatic heterocycles. The van der Waals surface area contributed by atoms with E-state index in [2.05, 4.69) is 46.6 Å². The summed E-state index contributed by atoms with van der Waals surface area (Å²) in [6, 6.07) is 21.9. The molecule has 8 heteroatoms. The standard InChI is InChI=1S/C25H21ClN4OS2/c1-16-21(24-28-23(29-31-24)20-8-5-15-33-20)22(18-9-11-19(26)12-10-18)27-25(32)30(16)14-13-17-6-3-2-4-7-17/h2-12,15,22H,13-14H2,1H3,(H,27,32). The Bertz CT molecular complexity index is 1280. The first-order valence-corrected chi connectivity index (χ1v) is 12.2. The summed E-state index contributed by atoms with van der Waals surface area (Å²) in [7, 11) is 0. The maximum absolute atomic E-state index is 6.14. The molecule has 2 aromatic carbocycles. The van der Waals surface area contributed by atoms with Gasteiger partial charge in [0.1, 0.15) is 0 Å². The molecule has 0 fully saturated rings. The van der Waals surface area contributed by atoms with Crippen molar-refractivity contribution in [2.45, 2.75) is 19.4 Å². The first kappa shape index (κ1) is 21.8. The fourth-order valence-electron chi connectivity index (χ4n) is 3.96. The number of rotatable bonds is 6. The molecule has 5 nitrogen and oxygen atoms in total. The van der Waals surface area contributed by atoms with Gasteiger partial charge >= 0.3 is 0 Å². The highest BCUT2D eigenvalue weighted by atomic mass is 35.5. The average molecular weight is 493 g/mol. The van der Waals surface area contributed by atoms with E-state index < -0.39 is 0 Å². The zero-order valence-electron chi connectivity index (χ0n) is 17.9. The zero-order valence-corrected chi connectivity index (χ0v) is 20.3. The summed E-state index contributed by atoms with van der Waals surface area (Å²) >= 11 is 13.5. The molecule has 166 valence electrons. The highest BCUT2D eigenvalue weighted by molar-refractivity contribution is 7.80. The molecule has 0 amide bonds. The largest absolute Gasteiger partial charge is 0.351 e. The lowest BCUT2D eigenvalue weighted by Gasteiger charge is -2.37. The Labute approximate surface area is 206 Å². The van der Waals surface area contributed by atoms with Gasteiger partial charge < -0.3 is 14.7 Å². The molecule has 0 radical (unpaired) electrons. The molecule has 0 bridgehead atoms. The lowest BCUT2D eigenvalue weighted by Crippen LogP contribution is -2.46. The summed E-state index contributed by atoms with van der Waals surface area (Å²) in [4.78, 5) is 7.81. The number of allylic oxidation sites excluding steroid dienone is 1. The van der Waals surface area contributed by atoms with Gasteiger partial charge in [-0.2, -0.15) is 4.98 Å².